The normalized spacial score (nSPS) is 17.1. The van der Waals surface area contributed by atoms with Gasteiger partial charge in [-0.05, 0) is 31.5 Å². The Balaban J connectivity index is 1.55. The number of sulfonamides is 1. The number of anilines is 2. The first kappa shape index (κ1) is 24.1. The van der Waals surface area contributed by atoms with Gasteiger partial charge in [0, 0.05) is 37.1 Å². The van der Waals surface area contributed by atoms with Crippen LogP contribution in [-0.4, -0.2) is 51.5 Å². The van der Waals surface area contributed by atoms with E-state index in [1.54, 1.807) is 5.38 Å². The summed E-state index contributed by atoms with van der Waals surface area (Å²) in [4.78, 5) is 3.08. The summed E-state index contributed by atoms with van der Waals surface area (Å²) < 4.78 is 69.6. The standard InChI is InChI=1S/C18H23ClF3N5O2S2/c19-13-8-16(31(28,29)27-17-25-6-7-30-17)14(20)9-15(13)26-11-18(21,22)3-5-23-10-12-2-1-4-24-12/h6-9,12,23-24,26H,1-5,10-11H2,(H,25,27). The number of benzene rings is 1. The highest BCUT2D eigenvalue weighted by Crippen LogP contribution is 2.30. The molecule has 0 saturated carbocycles. The molecule has 0 aliphatic carbocycles. The van der Waals surface area contributed by atoms with E-state index < -0.39 is 39.6 Å². The molecule has 1 aliphatic rings. The van der Waals surface area contributed by atoms with E-state index in [2.05, 4.69) is 25.7 Å². The Labute approximate surface area is 187 Å². The third-order valence-electron chi connectivity index (χ3n) is 4.72. The van der Waals surface area contributed by atoms with Gasteiger partial charge in [-0.1, -0.05) is 11.6 Å². The lowest BCUT2D eigenvalue weighted by atomic mass is 10.2. The summed E-state index contributed by atoms with van der Waals surface area (Å²) in [5.74, 6) is -4.18. The lowest BCUT2D eigenvalue weighted by Gasteiger charge is -2.20. The summed E-state index contributed by atoms with van der Waals surface area (Å²) in [5.41, 5.74) is -0.116. The molecule has 172 valence electrons. The number of nitrogens with one attached hydrogen (secondary N) is 4. The largest absolute Gasteiger partial charge is 0.378 e. The molecule has 2 heterocycles. The molecule has 3 rings (SSSR count). The smallest absolute Gasteiger partial charge is 0.266 e. The molecule has 1 aromatic carbocycles. The minimum absolute atomic E-state index is 0.0645. The SMILES string of the molecule is O=S(=O)(Nc1nccs1)c1cc(Cl)c(NCC(F)(F)CCNCC2CCCN2)cc1F. The minimum atomic E-state index is -4.27. The van der Waals surface area contributed by atoms with Crippen LogP contribution in [-0.2, 0) is 10.0 Å². The number of rotatable bonds is 11. The van der Waals surface area contributed by atoms with Gasteiger partial charge in [0.1, 0.15) is 10.7 Å². The maximum absolute atomic E-state index is 14.4. The predicted octanol–water partition coefficient (Wildman–Crippen LogP) is 3.52. The van der Waals surface area contributed by atoms with Crippen LogP contribution in [0.1, 0.15) is 19.3 Å². The number of thiazole rings is 1. The topological polar surface area (TPSA) is 95.2 Å². The van der Waals surface area contributed by atoms with Crippen LogP contribution in [0, 0.1) is 5.82 Å². The van der Waals surface area contributed by atoms with Crippen LogP contribution < -0.4 is 20.7 Å². The molecule has 1 atom stereocenters. The summed E-state index contributed by atoms with van der Waals surface area (Å²) in [6, 6.07) is 1.98. The van der Waals surface area contributed by atoms with Crippen LogP contribution in [0.3, 0.4) is 0 Å². The summed E-state index contributed by atoms with van der Waals surface area (Å²) in [5, 5.41) is 10.1. The number of aromatic nitrogens is 1. The Kier molecular flexibility index (Phi) is 8.03. The molecule has 1 fully saturated rings. The van der Waals surface area contributed by atoms with E-state index in [1.807, 2.05) is 0 Å². The fraction of sp³-hybridized carbons (Fsp3) is 0.500. The van der Waals surface area contributed by atoms with E-state index in [4.69, 9.17) is 11.6 Å². The Morgan fingerprint density at radius 1 is 1.35 bits per heavy atom. The third-order valence-corrected chi connectivity index (χ3v) is 7.21. The lowest BCUT2D eigenvalue weighted by molar-refractivity contribution is 0.00696. The summed E-state index contributed by atoms with van der Waals surface area (Å²) >= 11 is 7.04. The number of hydrogen-bond donors (Lipinski definition) is 4. The van der Waals surface area contributed by atoms with Crippen molar-refractivity contribution >= 4 is 43.8 Å². The molecule has 0 bridgehead atoms. The Bertz CT molecular complexity index is 971. The van der Waals surface area contributed by atoms with E-state index in [1.165, 1.54) is 6.20 Å². The van der Waals surface area contributed by atoms with Gasteiger partial charge in [-0.3, -0.25) is 4.72 Å². The zero-order chi connectivity index (χ0) is 22.5. The summed E-state index contributed by atoms with van der Waals surface area (Å²) in [6.45, 7) is 0.948. The van der Waals surface area contributed by atoms with Gasteiger partial charge in [-0.15, -0.1) is 11.3 Å². The van der Waals surface area contributed by atoms with Gasteiger partial charge in [-0.25, -0.2) is 26.6 Å². The molecule has 31 heavy (non-hydrogen) atoms. The van der Waals surface area contributed by atoms with Gasteiger partial charge in [-0.2, -0.15) is 0 Å². The fourth-order valence-electron chi connectivity index (χ4n) is 3.11. The van der Waals surface area contributed by atoms with Crippen molar-refractivity contribution in [2.75, 3.05) is 36.2 Å². The number of alkyl halides is 2. The zero-order valence-corrected chi connectivity index (χ0v) is 18.8. The van der Waals surface area contributed by atoms with Crippen molar-refractivity contribution in [1.29, 1.82) is 0 Å². The first-order valence-electron chi connectivity index (χ1n) is 9.63. The Hall–Kier alpha value is -1.60. The highest BCUT2D eigenvalue weighted by Gasteiger charge is 2.29. The molecule has 7 nitrogen and oxygen atoms in total. The second kappa shape index (κ2) is 10.3. The zero-order valence-electron chi connectivity index (χ0n) is 16.4. The molecular formula is C18H23ClF3N5O2S2. The van der Waals surface area contributed by atoms with Crippen LogP contribution in [0.5, 0.6) is 0 Å². The fourth-order valence-corrected chi connectivity index (χ4v) is 5.28. The second-order valence-electron chi connectivity index (χ2n) is 7.16. The Morgan fingerprint density at radius 3 is 2.84 bits per heavy atom. The van der Waals surface area contributed by atoms with Crippen LogP contribution in [0.25, 0.3) is 0 Å². The van der Waals surface area contributed by atoms with Crippen LogP contribution >= 0.6 is 22.9 Å². The van der Waals surface area contributed by atoms with Crippen molar-refractivity contribution in [3.63, 3.8) is 0 Å². The van der Waals surface area contributed by atoms with E-state index in [-0.39, 0.29) is 22.4 Å². The van der Waals surface area contributed by atoms with Crippen LogP contribution in [0.15, 0.2) is 28.6 Å². The van der Waals surface area contributed by atoms with E-state index >= 15 is 0 Å². The minimum Gasteiger partial charge on any atom is -0.378 e. The van der Waals surface area contributed by atoms with Gasteiger partial charge in [0.15, 0.2) is 5.13 Å². The molecule has 0 radical (unpaired) electrons. The van der Waals surface area contributed by atoms with Crippen molar-refractivity contribution < 1.29 is 21.6 Å². The number of hydrogen-bond acceptors (Lipinski definition) is 7. The number of halogens is 4. The molecule has 1 saturated heterocycles. The first-order valence-corrected chi connectivity index (χ1v) is 12.4. The first-order chi connectivity index (χ1) is 14.7. The van der Waals surface area contributed by atoms with Crippen molar-refractivity contribution in [3.05, 3.63) is 34.5 Å². The second-order valence-corrected chi connectivity index (χ2v) is 10.1. The van der Waals surface area contributed by atoms with Crippen molar-refractivity contribution in [2.24, 2.45) is 0 Å². The maximum Gasteiger partial charge on any atom is 0.266 e. The molecule has 4 N–H and O–H groups in total. The van der Waals surface area contributed by atoms with Crippen molar-refractivity contribution in [2.45, 2.75) is 36.1 Å². The molecule has 1 aliphatic heterocycles. The highest BCUT2D eigenvalue weighted by atomic mass is 35.5. The van der Waals surface area contributed by atoms with Crippen LogP contribution in [0.2, 0.25) is 5.02 Å². The predicted molar refractivity (Wildman–Crippen MR) is 116 cm³/mol. The number of nitrogens with zero attached hydrogens (tertiary/aromatic N) is 1. The summed E-state index contributed by atoms with van der Waals surface area (Å²) in [6.07, 6.45) is 3.10. The van der Waals surface area contributed by atoms with E-state index in [9.17, 15) is 21.6 Å². The van der Waals surface area contributed by atoms with Gasteiger partial charge < -0.3 is 16.0 Å². The molecule has 0 spiro atoms. The van der Waals surface area contributed by atoms with Crippen LogP contribution in [0.4, 0.5) is 24.0 Å². The quantitative estimate of drug-likeness (QED) is 0.355. The average molecular weight is 498 g/mol. The van der Waals surface area contributed by atoms with E-state index in [0.29, 0.717) is 12.6 Å². The molecule has 2 aromatic rings. The Morgan fingerprint density at radius 2 is 2.16 bits per heavy atom. The molecule has 1 aromatic heterocycles. The van der Waals surface area contributed by atoms with E-state index in [0.717, 1.165) is 42.9 Å². The maximum atomic E-state index is 14.4. The molecular weight excluding hydrogens is 475 g/mol. The highest BCUT2D eigenvalue weighted by molar-refractivity contribution is 7.93. The molecule has 1 unspecified atom stereocenters. The molecule has 0 amide bonds. The average Bonchev–Trinajstić information content (AvgIpc) is 3.39. The van der Waals surface area contributed by atoms with Gasteiger partial charge in [0.05, 0.1) is 17.3 Å². The van der Waals surface area contributed by atoms with Gasteiger partial charge in [0.2, 0.25) is 0 Å². The lowest BCUT2D eigenvalue weighted by Crippen LogP contribution is -2.37. The van der Waals surface area contributed by atoms with Crippen molar-refractivity contribution in [1.82, 2.24) is 15.6 Å². The van der Waals surface area contributed by atoms with Crippen molar-refractivity contribution in [3.8, 4) is 0 Å². The third kappa shape index (κ3) is 6.94. The van der Waals surface area contributed by atoms with Gasteiger partial charge in [0.25, 0.3) is 15.9 Å². The van der Waals surface area contributed by atoms with Gasteiger partial charge >= 0.3 is 0 Å². The molecule has 13 heteroatoms. The summed E-state index contributed by atoms with van der Waals surface area (Å²) in [7, 11) is -4.27. The monoisotopic (exact) mass is 497 g/mol.